The second-order valence-corrected chi connectivity index (χ2v) is 3.50. The third kappa shape index (κ3) is 1.79. The summed E-state index contributed by atoms with van der Waals surface area (Å²) >= 11 is 0. The van der Waals surface area contributed by atoms with Crippen LogP contribution < -0.4 is 10.5 Å². The Balaban J connectivity index is 2.41. The van der Waals surface area contributed by atoms with Crippen molar-refractivity contribution in [2.24, 2.45) is 5.73 Å². The van der Waals surface area contributed by atoms with Crippen LogP contribution >= 0.6 is 0 Å². The van der Waals surface area contributed by atoms with Gasteiger partial charge in [-0.1, -0.05) is 0 Å². The molecule has 0 fully saturated rings. The minimum absolute atomic E-state index is 0.324. The number of hydrogen-bond acceptors (Lipinski definition) is 4. The zero-order chi connectivity index (χ0) is 11.5. The van der Waals surface area contributed by atoms with Crippen LogP contribution in [-0.4, -0.2) is 12.1 Å². The number of nitrogens with two attached hydrogens (primary N) is 1. The fourth-order valence-electron chi connectivity index (χ4n) is 1.67. The largest absolute Gasteiger partial charge is 0.495 e. The van der Waals surface area contributed by atoms with Gasteiger partial charge in [0.15, 0.2) is 0 Å². The van der Waals surface area contributed by atoms with Gasteiger partial charge in [-0.2, -0.15) is 0 Å². The molecule has 0 saturated heterocycles. The predicted molar refractivity (Wildman–Crippen MR) is 60.3 cm³/mol. The third-order valence-electron chi connectivity index (χ3n) is 2.55. The highest BCUT2D eigenvalue weighted by Gasteiger charge is 2.18. The highest BCUT2D eigenvalue weighted by atomic mass is 16.5. The van der Waals surface area contributed by atoms with Gasteiger partial charge in [-0.05, 0) is 25.1 Å². The van der Waals surface area contributed by atoms with Gasteiger partial charge in [0, 0.05) is 11.8 Å². The summed E-state index contributed by atoms with van der Waals surface area (Å²) in [7, 11) is 1.61. The van der Waals surface area contributed by atoms with Crippen molar-refractivity contribution in [3.05, 3.63) is 47.7 Å². The molecule has 2 heterocycles. The summed E-state index contributed by atoms with van der Waals surface area (Å²) in [5, 5.41) is 0. The second kappa shape index (κ2) is 4.37. The molecule has 0 aliphatic carbocycles. The molecule has 0 bridgehead atoms. The van der Waals surface area contributed by atoms with E-state index in [1.165, 1.54) is 0 Å². The Kier molecular flexibility index (Phi) is 2.92. The SMILES string of the molecule is COc1cccnc1C(N)c1ccoc1C. The van der Waals surface area contributed by atoms with Gasteiger partial charge in [-0.15, -0.1) is 0 Å². The quantitative estimate of drug-likeness (QED) is 0.856. The number of ether oxygens (including phenoxy) is 1. The van der Waals surface area contributed by atoms with E-state index in [2.05, 4.69) is 4.98 Å². The number of hydrogen-bond donors (Lipinski definition) is 1. The van der Waals surface area contributed by atoms with Crippen molar-refractivity contribution >= 4 is 0 Å². The van der Waals surface area contributed by atoms with Crippen LogP contribution in [0.5, 0.6) is 5.75 Å². The number of pyridine rings is 1. The van der Waals surface area contributed by atoms with Crippen LogP contribution in [0.1, 0.15) is 23.1 Å². The summed E-state index contributed by atoms with van der Waals surface area (Å²) in [6, 6.07) is 5.19. The monoisotopic (exact) mass is 218 g/mol. The van der Waals surface area contributed by atoms with Crippen molar-refractivity contribution in [3.63, 3.8) is 0 Å². The summed E-state index contributed by atoms with van der Waals surface area (Å²) in [4.78, 5) is 4.25. The number of aryl methyl sites for hydroxylation is 1. The Morgan fingerprint density at radius 1 is 1.44 bits per heavy atom. The summed E-state index contributed by atoms with van der Waals surface area (Å²) in [6.45, 7) is 1.88. The maximum absolute atomic E-state index is 6.14. The van der Waals surface area contributed by atoms with E-state index in [1.807, 2.05) is 25.1 Å². The number of nitrogens with zero attached hydrogens (tertiary/aromatic N) is 1. The second-order valence-electron chi connectivity index (χ2n) is 3.50. The van der Waals surface area contributed by atoms with Gasteiger partial charge in [-0.25, -0.2) is 0 Å². The lowest BCUT2D eigenvalue weighted by atomic mass is 10.0. The molecule has 2 rings (SSSR count). The number of methoxy groups -OCH3 is 1. The van der Waals surface area contributed by atoms with Crippen molar-refractivity contribution in [1.29, 1.82) is 0 Å². The smallest absolute Gasteiger partial charge is 0.142 e. The molecular weight excluding hydrogens is 204 g/mol. The van der Waals surface area contributed by atoms with Gasteiger partial charge in [-0.3, -0.25) is 4.98 Å². The van der Waals surface area contributed by atoms with E-state index in [0.29, 0.717) is 5.75 Å². The Morgan fingerprint density at radius 3 is 2.88 bits per heavy atom. The van der Waals surface area contributed by atoms with Crippen molar-refractivity contribution in [1.82, 2.24) is 4.98 Å². The molecule has 84 valence electrons. The molecule has 0 spiro atoms. The van der Waals surface area contributed by atoms with E-state index in [-0.39, 0.29) is 6.04 Å². The summed E-state index contributed by atoms with van der Waals surface area (Å²) in [6.07, 6.45) is 3.33. The topological polar surface area (TPSA) is 61.3 Å². The Bertz CT molecular complexity index is 479. The highest BCUT2D eigenvalue weighted by Crippen LogP contribution is 2.27. The van der Waals surface area contributed by atoms with E-state index in [9.17, 15) is 0 Å². The van der Waals surface area contributed by atoms with Crippen LogP contribution in [0, 0.1) is 6.92 Å². The summed E-state index contributed by atoms with van der Waals surface area (Å²) in [5.74, 6) is 1.50. The van der Waals surface area contributed by atoms with Crippen LogP contribution in [0.4, 0.5) is 0 Å². The van der Waals surface area contributed by atoms with Crippen LogP contribution in [-0.2, 0) is 0 Å². The zero-order valence-corrected chi connectivity index (χ0v) is 9.31. The first-order valence-electron chi connectivity index (χ1n) is 5.02. The predicted octanol–water partition coefficient (Wildman–Crippen LogP) is 2.04. The molecule has 0 saturated carbocycles. The molecule has 4 nitrogen and oxygen atoms in total. The maximum atomic E-state index is 6.14. The van der Waals surface area contributed by atoms with E-state index >= 15 is 0 Å². The lowest BCUT2D eigenvalue weighted by Crippen LogP contribution is -2.14. The maximum Gasteiger partial charge on any atom is 0.142 e. The number of rotatable bonds is 3. The Hall–Kier alpha value is -1.81. The average Bonchev–Trinajstić information content (AvgIpc) is 2.74. The zero-order valence-electron chi connectivity index (χ0n) is 9.31. The van der Waals surface area contributed by atoms with Gasteiger partial charge >= 0.3 is 0 Å². The molecule has 0 amide bonds. The highest BCUT2D eigenvalue weighted by molar-refractivity contribution is 5.37. The van der Waals surface area contributed by atoms with Gasteiger partial charge in [0.05, 0.1) is 19.4 Å². The van der Waals surface area contributed by atoms with Crippen molar-refractivity contribution < 1.29 is 9.15 Å². The fraction of sp³-hybridized carbons (Fsp3) is 0.250. The van der Waals surface area contributed by atoms with E-state index in [4.69, 9.17) is 14.9 Å². The molecule has 16 heavy (non-hydrogen) atoms. The van der Waals surface area contributed by atoms with E-state index < -0.39 is 0 Å². The molecule has 0 radical (unpaired) electrons. The fourth-order valence-corrected chi connectivity index (χ4v) is 1.67. The first-order chi connectivity index (χ1) is 7.74. The van der Waals surface area contributed by atoms with E-state index in [1.54, 1.807) is 19.6 Å². The van der Waals surface area contributed by atoms with Crippen LogP contribution in [0.2, 0.25) is 0 Å². The first-order valence-corrected chi connectivity index (χ1v) is 5.02. The Labute approximate surface area is 94.1 Å². The van der Waals surface area contributed by atoms with Gasteiger partial charge < -0.3 is 14.9 Å². The standard InChI is InChI=1S/C12H14N2O2/c1-8-9(5-7-16-8)11(13)12-10(15-2)4-3-6-14-12/h3-7,11H,13H2,1-2H3. The molecule has 2 aromatic rings. The van der Waals surface area contributed by atoms with Crippen LogP contribution in [0.25, 0.3) is 0 Å². The Morgan fingerprint density at radius 2 is 2.25 bits per heavy atom. The van der Waals surface area contributed by atoms with Crippen LogP contribution in [0.3, 0.4) is 0 Å². The molecular formula is C12H14N2O2. The molecule has 0 aromatic carbocycles. The summed E-state index contributed by atoms with van der Waals surface area (Å²) in [5.41, 5.74) is 7.78. The van der Waals surface area contributed by atoms with E-state index in [0.717, 1.165) is 17.0 Å². The molecule has 1 atom stereocenters. The molecule has 0 aliphatic rings. The van der Waals surface area contributed by atoms with Crippen LogP contribution in [0.15, 0.2) is 35.1 Å². The van der Waals surface area contributed by atoms with Crippen molar-refractivity contribution in [2.45, 2.75) is 13.0 Å². The molecule has 2 aromatic heterocycles. The normalized spacial score (nSPS) is 12.4. The molecule has 2 N–H and O–H groups in total. The molecule has 4 heteroatoms. The number of furan rings is 1. The lowest BCUT2D eigenvalue weighted by molar-refractivity contribution is 0.404. The van der Waals surface area contributed by atoms with Gasteiger partial charge in [0.25, 0.3) is 0 Å². The minimum Gasteiger partial charge on any atom is -0.495 e. The first kappa shape index (κ1) is 10.7. The minimum atomic E-state index is -0.324. The van der Waals surface area contributed by atoms with Gasteiger partial charge in [0.2, 0.25) is 0 Å². The molecule has 0 aliphatic heterocycles. The van der Waals surface area contributed by atoms with Crippen molar-refractivity contribution in [3.8, 4) is 5.75 Å². The lowest BCUT2D eigenvalue weighted by Gasteiger charge is -2.13. The van der Waals surface area contributed by atoms with Gasteiger partial charge in [0.1, 0.15) is 17.2 Å². The summed E-state index contributed by atoms with van der Waals surface area (Å²) < 4.78 is 10.5. The average molecular weight is 218 g/mol. The van der Waals surface area contributed by atoms with Crippen molar-refractivity contribution in [2.75, 3.05) is 7.11 Å². The number of aromatic nitrogens is 1. The third-order valence-corrected chi connectivity index (χ3v) is 2.55. The molecule has 1 unspecified atom stereocenters.